The highest BCUT2D eigenvalue weighted by Gasteiger charge is 2.20. The summed E-state index contributed by atoms with van der Waals surface area (Å²) in [5, 5.41) is 14.2. The van der Waals surface area contributed by atoms with E-state index in [1.807, 2.05) is 24.3 Å². The fourth-order valence-electron chi connectivity index (χ4n) is 3.14. The SMILES string of the molecule is COc1ccc(-n2nc(CO)c3nc(C)n(-c4ccc(Br)cc4)c(=O)c32)cc1. The van der Waals surface area contributed by atoms with Crippen LogP contribution in [0.25, 0.3) is 22.4 Å². The summed E-state index contributed by atoms with van der Waals surface area (Å²) in [7, 11) is 1.59. The van der Waals surface area contributed by atoms with Crippen LogP contribution in [-0.4, -0.2) is 31.5 Å². The number of nitrogens with zero attached hydrogens (tertiary/aromatic N) is 4. The summed E-state index contributed by atoms with van der Waals surface area (Å²) in [6.07, 6.45) is 0. The van der Waals surface area contributed by atoms with Crippen LogP contribution in [0.1, 0.15) is 11.5 Å². The molecule has 0 amide bonds. The van der Waals surface area contributed by atoms with Crippen molar-refractivity contribution in [1.82, 2.24) is 19.3 Å². The molecule has 7 nitrogen and oxygen atoms in total. The number of ether oxygens (including phenoxy) is 1. The van der Waals surface area contributed by atoms with E-state index in [0.29, 0.717) is 39.7 Å². The second-order valence-corrected chi connectivity index (χ2v) is 7.10. The Hall–Kier alpha value is -2.97. The zero-order valence-corrected chi connectivity index (χ0v) is 16.8. The molecule has 4 aromatic rings. The average Bonchev–Trinajstić information content (AvgIpc) is 3.08. The molecule has 0 aliphatic rings. The van der Waals surface area contributed by atoms with Crippen molar-refractivity contribution >= 4 is 27.0 Å². The van der Waals surface area contributed by atoms with Gasteiger partial charge in [0.15, 0.2) is 5.52 Å². The Kier molecular flexibility index (Phi) is 4.74. The molecule has 0 bridgehead atoms. The lowest BCUT2D eigenvalue weighted by molar-refractivity contribution is 0.277. The Morgan fingerprint density at radius 3 is 2.32 bits per heavy atom. The van der Waals surface area contributed by atoms with Crippen LogP contribution < -0.4 is 10.3 Å². The molecule has 0 aliphatic heterocycles. The number of rotatable bonds is 4. The van der Waals surface area contributed by atoms with Crippen molar-refractivity contribution in [3.63, 3.8) is 0 Å². The standard InChI is InChI=1S/C20H17BrN4O3/c1-12-22-18-17(11-26)23-25(15-7-9-16(28-2)10-8-15)19(18)20(27)24(12)14-5-3-13(21)4-6-14/h3-10,26H,11H2,1-2H3. The van der Waals surface area contributed by atoms with Crippen LogP contribution in [0.4, 0.5) is 0 Å². The number of halogens is 1. The first-order valence-electron chi connectivity index (χ1n) is 8.56. The third kappa shape index (κ3) is 3.00. The van der Waals surface area contributed by atoms with E-state index in [0.717, 1.165) is 4.47 Å². The highest BCUT2D eigenvalue weighted by Crippen LogP contribution is 2.22. The van der Waals surface area contributed by atoms with Gasteiger partial charge in [-0.05, 0) is 55.5 Å². The Morgan fingerprint density at radius 1 is 1.07 bits per heavy atom. The molecule has 0 fully saturated rings. The minimum Gasteiger partial charge on any atom is -0.497 e. The summed E-state index contributed by atoms with van der Waals surface area (Å²) in [5.74, 6) is 1.22. The lowest BCUT2D eigenvalue weighted by Gasteiger charge is -2.11. The van der Waals surface area contributed by atoms with Crippen molar-refractivity contribution in [3.05, 3.63) is 74.9 Å². The number of aryl methyl sites for hydroxylation is 1. The van der Waals surface area contributed by atoms with E-state index in [2.05, 4.69) is 26.0 Å². The van der Waals surface area contributed by atoms with Gasteiger partial charge in [-0.2, -0.15) is 5.10 Å². The van der Waals surface area contributed by atoms with Crippen LogP contribution in [0.5, 0.6) is 5.75 Å². The number of aliphatic hydroxyl groups excluding tert-OH is 1. The third-order valence-corrected chi connectivity index (χ3v) is 5.01. The van der Waals surface area contributed by atoms with Gasteiger partial charge < -0.3 is 9.84 Å². The molecule has 0 unspecified atom stereocenters. The number of hydrogen-bond acceptors (Lipinski definition) is 5. The molecular weight excluding hydrogens is 424 g/mol. The highest BCUT2D eigenvalue weighted by molar-refractivity contribution is 9.10. The molecule has 0 spiro atoms. The summed E-state index contributed by atoms with van der Waals surface area (Å²) in [6, 6.07) is 14.6. The minimum absolute atomic E-state index is 0.257. The van der Waals surface area contributed by atoms with E-state index in [1.54, 1.807) is 38.3 Å². The van der Waals surface area contributed by atoms with Gasteiger partial charge in [-0.1, -0.05) is 15.9 Å². The number of fused-ring (bicyclic) bond motifs is 1. The maximum Gasteiger partial charge on any atom is 0.284 e. The number of methoxy groups -OCH3 is 1. The van der Waals surface area contributed by atoms with Crippen LogP contribution in [0.15, 0.2) is 57.8 Å². The molecule has 28 heavy (non-hydrogen) atoms. The highest BCUT2D eigenvalue weighted by atomic mass is 79.9. The van der Waals surface area contributed by atoms with E-state index < -0.39 is 0 Å². The van der Waals surface area contributed by atoms with E-state index in [9.17, 15) is 9.90 Å². The first kappa shape index (κ1) is 18.4. The van der Waals surface area contributed by atoms with Gasteiger partial charge in [0.1, 0.15) is 22.8 Å². The molecule has 2 heterocycles. The summed E-state index contributed by atoms with van der Waals surface area (Å²) >= 11 is 3.41. The maximum absolute atomic E-state index is 13.4. The smallest absolute Gasteiger partial charge is 0.284 e. The Balaban J connectivity index is 2.02. The molecule has 0 saturated heterocycles. The van der Waals surface area contributed by atoms with Gasteiger partial charge in [-0.15, -0.1) is 0 Å². The third-order valence-electron chi connectivity index (χ3n) is 4.48. The van der Waals surface area contributed by atoms with Gasteiger partial charge in [0.2, 0.25) is 0 Å². The molecule has 0 atom stereocenters. The molecular formula is C20H17BrN4O3. The van der Waals surface area contributed by atoms with Gasteiger partial charge in [-0.25, -0.2) is 9.67 Å². The first-order chi connectivity index (χ1) is 13.5. The van der Waals surface area contributed by atoms with Crippen LogP contribution >= 0.6 is 15.9 Å². The largest absolute Gasteiger partial charge is 0.497 e. The van der Waals surface area contributed by atoms with Crippen molar-refractivity contribution in [2.24, 2.45) is 0 Å². The number of benzene rings is 2. The molecule has 8 heteroatoms. The molecule has 4 rings (SSSR count). The predicted octanol–water partition coefficient (Wildman–Crippen LogP) is 3.14. The lowest BCUT2D eigenvalue weighted by atomic mass is 10.2. The molecule has 1 N–H and O–H groups in total. The molecule has 0 saturated carbocycles. The van der Waals surface area contributed by atoms with Gasteiger partial charge in [0.25, 0.3) is 5.56 Å². The monoisotopic (exact) mass is 440 g/mol. The van der Waals surface area contributed by atoms with Gasteiger partial charge in [0.05, 0.1) is 25.1 Å². The van der Waals surface area contributed by atoms with Crippen LogP contribution in [0.2, 0.25) is 0 Å². The van der Waals surface area contributed by atoms with Gasteiger partial charge in [-0.3, -0.25) is 9.36 Å². The second kappa shape index (κ2) is 7.21. The quantitative estimate of drug-likeness (QED) is 0.526. The summed E-state index contributed by atoms with van der Waals surface area (Å²) in [6.45, 7) is 1.45. The molecule has 0 radical (unpaired) electrons. The van der Waals surface area contributed by atoms with Crippen LogP contribution in [0.3, 0.4) is 0 Å². The van der Waals surface area contributed by atoms with Crippen LogP contribution in [0, 0.1) is 6.92 Å². The van der Waals surface area contributed by atoms with Crippen molar-refractivity contribution in [2.45, 2.75) is 13.5 Å². The van der Waals surface area contributed by atoms with Crippen molar-refractivity contribution in [3.8, 4) is 17.1 Å². The minimum atomic E-state index is -0.312. The van der Waals surface area contributed by atoms with E-state index >= 15 is 0 Å². The molecule has 2 aromatic heterocycles. The second-order valence-electron chi connectivity index (χ2n) is 6.19. The molecule has 142 valence electrons. The molecule has 2 aromatic carbocycles. The molecule has 0 aliphatic carbocycles. The van der Waals surface area contributed by atoms with Gasteiger partial charge >= 0.3 is 0 Å². The summed E-state index contributed by atoms with van der Waals surface area (Å²) in [5.41, 5.74) is 2.18. The summed E-state index contributed by atoms with van der Waals surface area (Å²) < 4.78 is 9.17. The van der Waals surface area contributed by atoms with Gasteiger partial charge in [0, 0.05) is 4.47 Å². The van der Waals surface area contributed by atoms with E-state index in [1.165, 1.54) is 9.25 Å². The Bertz CT molecular complexity index is 1210. The fraction of sp³-hybridized carbons (Fsp3) is 0.150. The number of hydrogen-bond donors (Lipinski definition) is 1. The Morgan fingerprint density at radius 2 is 1.71 bits per heavy atom. The van der Waals surface area contributed by atoms with Crippen molar-refractivity contribution < 1.29 is 9.84 Å². The number of aromatic nitrogens is 4. The number of aliphatic hydroxyl groups is 1. The van der Waals surface area contributed by atoms with Crippen molar-refractivity contribution in [1.29, 1.82) is 0 Å². The zero-order valence-electron chi connectivity index (χ0n) is 15.3. The zero-order chi connectivity index (χ0) is 19.8. The van der Waals surface area contributed by atoms with Crippen LogP contribution in [-0.2, 0) is 6.61 Å². The maximum atomic E-state index is 13.4. The van der Waals surface area contributed by atoms with Crippen molar-refractivity contribution in [2.75, 3.05) is 7.11 Å². The van der Waals surface area contributed by atoms with E-state index in [4.69, 9.17) is 4.74 Å². The first-order valence-corrected chi connectivity index (χ1v) is 9.35. The normalized spacial score (nSPS) is 11.1. The van der Waals surface area contributed by atoms with E-state index in [-0.39, 0.29) is 12.2 Å². The fourth-order valence-corrected chi connectivity index (χ4v) is 3.40. The topological polar surface area (TPSA) is 82.2 Å². The summed E-state index contributed by atoms with van der Waals surface area (Å²) in [4.78, 5) is 18.0. The Labute approximate surface area is 169 Å². The predicted molar refractivity (Wildman–Crippen MR) is 109 cm³/mol. The lowest BCUT2D eigenvalue weighted by Crippen LogP contribution is -2.24. The average molecular weight is 441 g/mol.